The minimum atomic E-state index is -3.22. The van der Waals surface area contributed by atoms with E-state index in [2.05, 4.69) is 10.1 Å². The van der Waals surface area contributed by atoms with Crippen LogP contribution in [0.4, 0.5) is 13.2 Å². The number of carbonyl (C=O) groups is 1. The number of ether oxygens (including phenoxy) is 4. The minimum Gasteiger partial charge on any atom is -0.467 e. The summed E-state index contributed by atoms with van der Waals surface area (Å²) < 4.78 is 66.5. The molecular weight excluding hydrogens is 443 g/mol. The fraction of sp³-hybridized carbons (Fsp3) is 0.348. The van der Waals surface area contributed by atoms with Gasteiger partial charge in [0.25, 0.3) is 5.91 Å². The smallest absolute Gasteiger partial charge is 0.387 e. The van der Waals surface area contributed by atoms with Crippen LogP contribution >= 0.6 is 0 Å². The number of hydrogen-bond donors (Lipinski definition) is 1. The van der Waals surface area contributed by atoms with Crippen LogP contribution in [-0.4, -0.2) is 45.7 Å². The maximum Gasteiger partial charge on any atom is 0.387 e. The first-order chi connectivity index (χ1) is 16.0. The Labute approximate surface area is 187 Å². The van der Waals surface area contributed by atoms with E-state index in [0.717, 1.165) is 18.9 Å². The van der Waals surface area contributed by atoms with Gasteiger partial charge in [-0.3, -0.25) is 4.79 Å². The first-order valence-electron chi connectivity index (χ1n) is 10.3. The summed E-state index contributed by atoms with van der Waals surface area (Å²) in [6.45, 7) is -2.38. The third-order valence-electron chi connectivity index (χ3n) is 5.01. The maximum absolute atomic E-state index is 14.9. The van der Waals surface area contributed by atoms with Crippen molar-refractivity contribution in [3.8, 4) is 22.6 Å². The van der Waals surface area contributed by atoms with E-state index < -0.39 is 29.6 Å². The van der Waals surface area contributed by atoms with Gasteiger partial charge in [-0.1, -0.05) is 0 Å². The number of hydrogen-bond acceptors (Lipinski definition) is 6. The predicted octanol–water partition coefficient (Wildman–Crippen LogP) is 4.73. The fourth-order valence-electron chi connectivity index (χ4n) is 3.26. The maximum atomic E-state index is 14.9. The van der Waals surface area contributed by atoms with E-state index >= 15 is 0 Å². The predicted molar refractivity (Wildman–Crippen MR) is 112 cm³/mol. The molecule has 1 heterocycles. The van der Waals surface area contributed by atoms with Gasteiger partial charge in [-0.05, 0) is 42.7 Å². The molecule has 2 aromatic carbocycles. The van der Waals surface area contributed by atoms with Crippen LogP contribution in [0, 0.1) is 5.82 Å². The molecule has 1 aliphatic carbocycles. The Morgan fingerprint density at radius 1 is 1.21 bits per heavy atom. The number of methoxy groups -OCH3 is 1. The summed E-state index contributed by atoms with van der Waals surface area (Å²) in [6, 6.07) is 7.22. The highest BCUT2D eigenvalue weighted by atomic mass is 19.3. The van der Waals surface area contributed by atoms with Crippen LogP contribution < -0.4 is 14.8 Å². The summed E-state index contributed by atoms with van der Waals surface area (Å²) >= 11 is 0. The molecular formula is C23H22F3NO6. The normalized spacial score (nSPS) is 13.5. The third-order valence-corrected chi connectivity index (χ3v) is 5.01. The molecule has 1 fully saturated rings. The van der Waals surface area contributed by atoms with E-state index in [0.29, 0.717) is 35.5 Å². The van der Waals surface area contributed by atoms with Crippen LogP contribution in [0.25, 0.3) is 22.1 Å². The lowest BCUT2D eigenvalue weighted by Gasteiger charge is -2.13. The molecule has 0 atom stereocenters. The van der Waals surface area contributed by atoms with Crippen LogP contribution in [0.5, 0.6) is 11.5 Å². The van der Waals surface area contributed by atoms with E-state index in [9.17, 15) is 18.0 Å². The lowest BCUT2D eigenvalue weighted by Crippen LogP contribution is -2.27. The Bertz CT molecular complexity index is 1130. The molecule has 1 aromatic heterocycles. The van der Waals surface area contributed by atoms with Gasteiger partial charge in [0.1, 0.15) is 28.5 Å². The summed E-state index contributed by atoms with van der Waals surface area (Å²) in [6.07, 6.45) is 2.90. The highest BCUT2D eigenvalue weighted by molar-refractivity contribution is 6.00. The van der Waals surface area contributed by atoms with Gasteiger partial charge in [0.2, 0.25) is 0 Å². The van der Waals surface area contributed by atoms with Crippen LogP contribution in [0.15, 0.2) is 41.0 Å². The van der Waals surface area contributed by atoms with E-state index in [1.165, 1.54) is 12.3 Å². The molecule has 0 unspecified atom stereocenters. The van der Waals surface area contributed by atoms with Gasteiger partial charge in [0.15, 0.2) is 6.79 Å². The van der Waals surface area contributed by atoms with Crippen LogP contribution in [0.2, 0.25) is 0 Å². The second-order valence-electron chi connectivity index (χ2n) is 7.43. The average molecular weight is 465 g/mol. The van der Waals surface area contributed by atoms with Crippen LogP contribution in [-0.2, 0) is 9.47 Å². The minimum absolute atomic E-state index is 0.0202. The van der Waals surface area contributed by atoms with Gasteiger partial charge in [-0.2, -0.15) is 8.78 Å². The van der Waals surface area contributed by atoms with Crippen molar-refractivity contribution >= 4 is 16.9 Å². The second-order valence-corrected chi connectivity index (χ2v) is 7.43. The molecule has 0 aliphatic heterocycles. The Morgan fingerprint density at radius 3 is 2.76 bits per heavy atom. The van der Waals surface area contributed by atoms with Gasteiger partial charge < -0.3 is 28.7 Å². The summed E-state index contributed by atoms with van der Waals surface area (Å²) in [5, 5.41) is 3.19. The zero-order chi connectivity index (χ0) is 23.4. The van der Waals surface area contributed by atoms with Gasteiger partial charge in [-0.25, -0.2) is 4.39 Å². The number of benzene rings is 2. The van der Waals surface area contributed by atoms with E-state index in [1.54, 1.807) is 25.3 Å². The molecule has 1 amide bonds. The van der Waals surface area contributed by atoms with Crippen molar-refractivity contribution in [3.05, 3.63) is 48.0 Å². The SMILES string of the molecule is COCCOCOc1ccc2c(-c3cc(F)c(C(=O)NC4CC4)c(OC(F)F)c3)coc2c1. The molecule has 3 aromatic rings. The second kappa shape index (κ2) is 10.1. The number of amides is 1. The lowest BCUT2D eigenvalue weighted by atomic mass is 10.0. The number of carbonyl (C=O) groups excluding carboxylic acids is 1. The molecule has 176 valence electrons. The molecule has 10 heteroatoms. The molecule has 0 radical (unpaired) electrons. The van der Waals surface area contributed by atoms with E-state index in [4.69, 9.17) is 18.6 Å². The molecule has 1 N–H and O–H groups in total. The monoisotopic (exact) mass is 465 g/mol. The van der Waals surface area contributed by atoms with Crippen molar-refractivity contribution in [2.45, 2.75) is 25.5 Å². The van der Waals surface area contributed by atoms with Crippen molar-refractivity contribution in [3.63, 3.8) is 0 Å². The molecule has 7 nitrogen and oxygen atoms in total. The number of nitrogens with one attached hydrogen (secondary N) is 1. The number of halogens is 3. The van der Waals surface area contributed by atoms with Gasteiger partial charge in [-0.15, -0.1) is 0 Å². The molecule has 4 rings (SSSR count). The summed E-state index contributed by atoms with van der Waals surface area (Å²) in [4.78, 5) is 12.4. The number of fused-ring (bicyclic) bond motifs is 1. The molecule has 33 heavy (non-hydrogen) atoms. The number of alkyl halides is 2. The first kappa shape index (κ1) is 22.9. The molecule has 1 aliphatic rings. The van der Waals surface area contributed by atoms with E-state index in [1.807, 2.05) is 0 Å². The summed E-state index contributed by atoms with van der Waals surface area (Å²) in [7, 11) is 1.57. The lowest BCUT2D eigenvalue weighted by molar-refractivity contribution is -0.0503. The quantitative estimate of drug-likeness (QED) is 0.326. The third kappa shape index (κ3) is 5.58. The van der Waals surface area contributed by atoms with Crippen molar-refractivity contribution in [1.29, 1.82) is 0 Å². The Kier molecular flexibility index (Phi) is 7.05. The van der Waals surface area contributed by atoms with Crippen LogP contribution in [0.1, 0.15) is 23.2 Å². The largest absolute Gasteiger partial charge is 0.467 e. The Balaban J connectivity index is 1.60. The molecule has 0 spiro atoms. The summed E-state index contributed by atoms with van der Waals surface area (Å²) in [5.41, 5.74) is 0.552. The van der Waals surface area contributed by atoms with Crippen molar-refractivity contribution < 1.29 is 41.3 Å². The molecule has 0 saturated heterocycles. The van der Waals surface area contributed by atoms with Crippen molar-refractivity contribution in [2.24, 2.45) is 0 Å². The Hall–Kier alpha value is -3.24. The molecule has 0 bridgehead atoms. The zero-order valence-electron chi connectivity index (χ0n) is 17.7. The van der Waals surface area contributed by atoms with Crippen LogP contribution in [0.3, 0.4) is 0 Å². The summed E-state index contributed by atoms with van der Waals surface area (Å²) in [5.74, 6) is -1.81. The van der Waals surface area contributed by atoms with Gasteiger partial charge in [0, 0.05) is 30.2 Å². The standard InChI is InChI=1S/C23H22F3NO6/c1-29-6-7-30-12-32-15-4-5-16-17(11-31-19(16)10-15)13-8-18(24)21(20(9-13)33-23(25)26)22(28)27-14-2-3-14/h4-5,8-11,14,23H,2-3,6-7,12H2,1H3,(H,27,28). The topological polar surface area (TPSA) is 79.2 Å². The van der Waals surface area contributed by atoms with Gasteiger partial charge in [0.05, 0.1) is 19.5 Å². The highest BCUT2D eigenvalue weighted by Crippen LogP contribution is 2.37. The molecule has 1 saturated carbocycles. The van der Waals surface area contributed by atoms with Crippen molar-refractivity contribution in [1.82, 2.24) is 5.32 Å². The van der Waals surface area contributed by atoms with Crippen molar-refractivity contribution in [2.75, 3.05) is 27.1 Å². The van der Waals surface area contributed by atoms with E-state index in [-0.39, 0.29) is 18.4 Å². The fourth-order valence-corrected chi connectivity index (χ4v) is 3.26. The Morgan fingerprint density at radius 2 is 2.03 bits per heavy atom. The number of rotatable bonds is 11. The number of furan rings is 1. The zero-order valence-corrected chi connectivity index (χ0v) is 17.7. The average Bonchev–Trinajstić information content (AvgIpc) is 3.48. The highest BCUT2D eigenvalue weighted by Gasteiger charge is 2.29. The first-order valence-corrected chi connectivity index (χ1v) is 10.3. The van der Waals surface area contributed by atoms with Gasteiger partial charge >= 0.3 is 6.61 Å².